The van der Waals surface area contributed by atoms with Crippen LogP contribution in [-0.4, -0.2) is 22.3 Å². The van der Waals surface area contributed by atoms with Crippen LogP contribution in [-0.2, 0) is 4.79 Å². The first kappa shape index (κ1) is 23.9. The third-order valence-electron chi connectivity index (χ3n) is 13.3. The molecule has 0 aromatic rings. The molecule has 8 atom stereocenters. The molecule has 5 rings (SSSR count). The van der Waals surface area contributed by atoms with Crippen LogP contribution in [0.4, 0.5) is 0 Å². The van der Waals surface area contributed by atoms with E-state index in [1.807, 2.05) is 0 Å². The summed E-state index contributed by atoms with van der Waals surface area (Å²) in [5.74, 6) is 0.924. The SMILES string of the molecule is CC1(C)CCC2(C(=O)O)CCC3(C)C(=CCC4C3CCC3(C)C(C)(C)C(O)CCC43C)C2C1. The highest BCUT2D eigenvalue weighted by atomic mass is 16.4. The van der Waals surface area contributed by atoms with Gasteiger partial charge in [-0.25, -0.2) is 0 Å². The van der Waals surface area contributed by atoms with Crippen molar-refractivity contribution >= 4 is 5.97 Å². The topological polar surface area (TPSA) is 57.5 Å². The van der Waals surface area contributed by atoms with Crippen molar-refractivity contribution in [2.45, 2.75) is 119 Å². The van der Waals surface area contributed by atoms with Crippen LogP contribution in [0.25, 0.3) is 0 Å². The normalized spacial score (nSPS) is 52.4. The zero-order valence-corrected chi connectivity index (χ0v) is 22.3. The Bertz CT molecular complexity index is 885. The lowest BCUT2D eigenvalue weighted by atomic mass is 9.34. The maximum absolute atomic E-state index is 12.7. The van der Waals surface area contributed by atoms with E-state index >= 15 is 0 Å². The molecule has 0 heterocycles. The van der Waals surface area contributed by atoms with E-state index in [9.17, 15) is 15.0 Å². The number of aliphatic carboxylic acids is 1. The molecule has 0 amide bonds. The molecule has 4 saturated carbocycles. The number of rotatable bonds is 1. The second-order valence-corrected chi connectivity index (χ2v) is 15.0. The van der Waals surface area contributed by atoms with Crippen molar-refractivity contribution in [3.05, 3.63) is 11.6 Å². The molecule has 2 N–H and O–H groups in total. The minimum atomic E-state index is -0.544. The van der Waals surface area contributed by atoms with Crippen LogP contribution in [0.1, 0.15) is 113 Å². The molecule has 0 saturated heterocycles. The molecule has 0 bridgehead atoms. The van der Waals surface area contributed by atoms with Crippen LogP contribution in [0.2, 0.25) is 0 Å². The van der Waals surface area contributed by atoms with E-state index in [-0.39, 0.29) is 39.1 Å². The summed E-state index contributed by atoms with van der Waals surface area (Å²) in [6.45, 7) is 16.9. The van der Waals surface area contributed by atoms with E-state index in [4.69, 9.17) is 0 Å². The molecule has 0 spiro atoms. The average Bonchev–Trinajstić information content (AvgIpc) is 2.72. The van der Waals surface area contributed by atoms with E-state index in [0.717, 1.165) is 51.4 Å². The Kier molecular flexibility index (Phi) is 4.99. The summed E-state index contributed by atoms with van der Waals surface area (Å²) in [4.78, 5) is 12.7. The van der Waals surface area contributed by atoms with Gasteiger partial charge < -0.3 is 10.2 Å². The molecule has 0 aromatic heterocycles. The van der Waals surface area contributed by atoms with Crippen molar-refractivity contribution in [2.75, 3.05) is 0 Å². The summed E-state index contributed by atoms with van der Waals surface area (Å²) in [6.07, 6.45) is 12.6. The summed E-state index contributed by atoms with van der Waals surface area (Å²) in [5.41, 5.74) is 1.60. The Hall–Kier alpha value is -0.830. The van der Waals surface area contributed by atoms with Gasteiger partial charge in [-0.05, 0) is 109 Å². The van der Waals surface area contributed by atoms with Crippen LogP contribution in [0.3, 0.4) is 0 Å². The van der Waals surface area contributed by atoms with Gasteiger partial charge in [-0.1, -0.05) is 60.1 Å². The first-order chi connectivity index (χ1) is 15.1. The number of aliphatic hydroxyl groups is 1. The maximum atomic E-state index is 12.7. The Labute approximate surface area is 201 Å². The Balaban J connectivity index is 1.58. The van der Waals surface area contributed by atoms with Crippen molar-refractivity contribution in [1.82, 2.24) is 0 Å². The number of allylic oxidation sites excluding steroid dienone is 2. The molecular formula is C30H48O3. The van der Waals surface area contributed by atoms with Crippen LogP contribution in [0, 0.1) is 50.2 Å². The van der Waals surface area contributed by atoms with Gasteiger partial charge in [0.15, 0.2) is 0 Å². The molecular weight excluding hydrogens is 408 g/mol. The van der Waals surface area contributed by atoms with E-state index in [1.165, 1.54) is 18.4 Å². The van der Waals surface area contributed by atoms with Gasteiger partial charge in [0, 0.05) is 0 Å². The third kappa shape index (κ3) is 2.81. The molecule has 3 nitrogen and oxygen atoms in total. The predicted molar refractivity (Wildman–Crippen MR) is 133 cm³/mol. The zero-order chi connectivity index (χ0) is 24.2. The van der Waals surface area contributed by atoms with Crippen molar-refractivity contribution in [2.24, 2.45) is 50.2 Å². The summed E-state index contributed by atoms with van der Waals surface area (Å²) < 4.78 is 0. The molecule has 4 fully saturated rings. The fraction of sp³-hybridized carbons (Fsp3) is 0.900. The Morgan fingerprint density at radius 2 is 1.55 bits per heavy atom. The lowest BCUT2D eigenvalue weighted by molar-refractivity contribution is -0.225. The lowest BCUT2D eigenvalue weighted by Gasteiger charge is -2.71. The molecule has 8 unspecified atom stereocenters. The van der Waals surface area contributed by atoms with E-state index in [2.05, 4.69) is 54.5 Å². The van der Waals surface area contributed by atoms with Crippen LogP contribution < -0.4 is 0 Å². The largest absolute Gasteiger partial charge is 0.481 e. The standard InChI is InChI=1S/C30H48O3/c1-25(2)14-16-30(24(32)33)17-15-27(5)19(22(30)18-25)8-9-21-20(27)10-13-29(7)26(3,4)23(31)11-12-28(21,29)6/h8,20-23,31H,9-18H2,1-7H3,(H,32,33). The molecule has 5 aliphatic carbocycles. The van der Waals surface area contributed by atoms with Crippen molar-refractivity contribution in [3.8, 4) is 0 Å². The highest BCUT2D eigenvalue weighted by Gasteiger charge is 2.68. The summed E-state index contributed by atoms with van der Waals surface area (Å²) in [6, 6.07) is 0. The quantitative estimate of drug-likeness (QED) is 0.409. The Morgan fingerprint density at radius 1 is 0.879 bits per heavy atom. The molecule has 0 aromatic carbocycles. The predicted octanol–water partition coefficient (Wildman–Crippen LogP) is 7.23. The minimum Gasteiger partial charge on any atom is -0.481 e. The maximum Gasteiger partial charge on any atom is 0.310 e. The Morgan fingerprint density at radius 3 is 2.21 bits per heavy atom. The number of carboxylic acids is 1. The molecule has 0 radical (unpaired) electrons. The summed E-state index contributed by atoms with van der Waals surface area (Å²) >= 11 is 0. The second kappa shape index (κ2) is 6.89. The number of hydrogen-bond donors (Lipinski definition) is 2. The van der Waals surface area contributed by atoms with Gasteiger partial charge in [0.2, 0.25) is 0 Å². The van der Waals surface area contributed by atoms with Gasteiger partial charge in [0.05, 0.1) is 11.5 Å². The first-order valence-corrected chi connectivity index (χ1v) is 13.8. The third-order valence-corrected chi connectivity index (χ3v) is 13.3. The summed E-state index contributed by atoms with van der Waals surface area (Å²) in [5, 5.41) is 21.4. The van der Waals surface area contributed by atoms with Crippen molar-refractivity contribution in [1.29, 1.82) is 0 Å². The number of fused-ring (bicyclic) bond motifs is 7. The minimum absolute atomic E-state index is 0.0751. The van der Waals surface area contributed by atoms with Crippen molar-refractivity contribution < 1.29 is 15.0 Å². The number of hydrogen-bond acceptors (Lipinski definition) is 2. The second-order valence-electron chi connectivity index (χ2n) is 15.0. The van der Waals surface area contributed by atoms with Crippen LogP contribution in [0.15, 0.2) is 11.6 Å². The zero-order valence-electron chi connectivity index (χ0n) is 22.3. The highest BCUT2D eigenvalue weighted by Crippen LogP contribution is 2.75. The molecule has 5 aliphatic rings. The van der Waals surface area contributed by atoms with E-state index in [1.54, 1.807) is 0 Å². The van der Waals surface area contributed by atoms with E-state index in [0.29, 0.717) is 11.8 Å². The van der Waals surface area contributed by atoms with Gasteiger partial charge in [-0.15, -0.1) is 0 Å². The van der Waals surface area contributed by atoms with Gasteiger partial charge in [-0.3, -0.25) is 4.79 Å². The fourth-order valence-electron chi connectivity index (χ4n) is 10.4. The molecule has 186 valence electrons. The first-order valence-electron chi connectivity index (χ1n) is 13.8. The number of carbonyl (C=O) groups is 1. The number of carboxylic acid groups (broad SMARTS) is 1. The van der Waals surface area contributed by atoms with Crippen LogP contribution >= 0.6 is 0 Å². The van der Waals surface area contributed by atoms with Crippen molar-refractivity contribution in [3.63, 3.8) is 0 Å². The van der Waals surface area contributed by atoms with Gasteiger partial charge in [0.25, 0.3) is 0 Å². The van der Waals surface area contributed by atoms with Gasteiger partial charge in [-0.2, -0.15) is 0 Å². The molecule has 33 heavy (non-hydrogen) atoms. The van der Waals surface area contributed by atoms with Gasteiger partial charge in [0.1, 0.15) is 0 Å². The summed E-state index contributed by atoms with van der Waals surface area (Å²) in [7, 11) is 0. The molecule has 0 aliphatic heterocycles. The molecule has 3 heteroatoms. The lowest BCUT2D eigenvalue weighted by Crippen LogP contribution is -2.65. The van der Waals surface area contributed by atoms with Crippen LogP contribution in [0.5, 0.6) is 0 Å². The smallest absolute Gasteiger partial charge is 0.310 e. The average molecular weight is 457 g/mol. The monoisotopic (exact) mass is 456 g/mol. The van der Waals surface area contributed by atoms with E-state index < -0.39 is 11.4 Å². The highest BCUT2D eigenvalue weighted by molar-refractivity contribution is 5.76. The van der Waals surface area contributed by atoms with Gasteiger partial charge >= 0.3 is 5.97 Å². The number of aliphatic hydroxyl groups excluding tert-OH is 1. The fourth-order valence-corrected chi connectivity index (χ4v) is 10.4.